The van der Waals surface area contributed by atoms with E-state index in [0.717, 1.165) is 0 Å². The Labute approximate surface area is 101 Å². The number of carbonyl (C=O) groups excluding carboxylic acids is 1. The Bertz CT molecular complexity index is 267. The largest absolute Gasteiger partial charge is 0.390 e. The molecule has 1 saturated carbocycles. The fraction of sp³-hybridized carbons (Fsp3) is 0.875. The molecule has 15 heavy (non-hydrogen) atoms. The zero-order valence-corrected chi connectivity index (χ0v) is 9.74. The van der Waals surface area contributed by atoms with Gasteiger partial charge in [-0.1, -0.05) is 34.8 Å². The van der Waals surface area contributed by atoms with Crippen LogP contribution in [0, 0.1) is 5.92 Å². The van der Waals surface area contributed by atoms with Crippen LogP contribution in [0.15, 0.2) is 0 Å². The predicted molar refractivity (Wildman–Crippen MR) is 54.0 cm³/mol. The highest BCUT2D eigenvalue weighted by atomic mass is 35.6. The van der Waals surface area contributed by atoms with Gasteiger partial charge in [0.25, 0.3) is 0 Å². The van der Waals surface area contributed by atoms with Gasteiger partial charge in [0.1, 0.15) is 12.4 Å². The molecule has 4 nitrogen and oxygen atoms in total. The SMILES string of the molecule is O=C[C@H]1C[C@@H]2OC(C(Cl)(Cl)Cl)O[C@@H]2[C@H]1O. The maximum Gasteiger partial charge on any atom is 0.240 e. The van der Waals surface area contributed by atoms with Crippen LogP contribution in [0.1, 0.15) is 6.42 Å². The molecule has 5 atom stereocenters. The molecule has 2 aliphatic rings. The second kappa shape index (κ2) is 4.02. The summed E-state index contributed by atoms with van der Waals surface area (Å²) in [6, 6.07) is 0. The molecule has 0 amide bonds. The number of carbonyl (C=O) groups is 1. The predicted octanol–water partition coefficient (Wildman–Crippen LogP) is 1.05. The number of ether oxygens (including phenoxy) is 2. The molecule has 1 aliphatic carbocycles. The number of alkyl halides is 3. The molecule has 86 valence electrons. The summed E-state index contributed by atoms with van der Waals surface area (Å²) < 4.78 is 8.90. The molecule has 2 rings (SSSR count). The van der Waals surface area contributed by atoms with Gasteiger partial charge in [-0.15, -0.1) is 0 Å². The maximum absolute atomic E-state index is 10.6. The minimum atomic E-state index is -1.68. The van der Waals surface area contributed by atoms with E-state index in [1.807, 2.05) is 0 Å². The van der Waals surface area contributed by atoms with Crippen LogP contribution in [-0.4, -0.2) is 39.8 Å². The second-order valence-corrected chi connectivity index (χ2v) is 6.04. The molecule has 1 aliphatic heterocycles. The summed E-state index contributed by atoms with van der Waals surface area (Å²) in [5, 5.41) is 9.68. The van der Waals surface area contributed by atoms with Crippen molar-refractivity contribution in [2.24, 2.45) is 5.92 Å². The third-order valence-corrected chi connectivity index (χ3v) is 3.20. The second-order valence-electron chi connectivity index (χ2n) is 3.68. The van der Waals surface area contributed by atoms with E-state index in [0.29, 0.717) is 12.7 Å². The summed E-state index contributed by atoms with van der Waals surface area (Å²) in [4.78, 5) is 10.6. The van der Waals surface area contributed by atoms with Crippen LogP contribution in [-0.2, 0) is 14.3 Å². The number of aliphatic hydroxyl groups is 1. The van der Waals surface area contributed by atoms with Crippen molar-refractivity contribution in [1.82, 2.24) is 0 Å². The van der Waals surface area contributed by atoms with Crippen molar-refractivity contribution in [1.29, 1.82) is 0 Å². The van der Waals surface area contributed by atoms with E-state index >= 15 is 0 Å². The summed E-state index contributed by atoms with van der Waals surface area (Å²) in [6.45, 7) is 0. The molecule has 7 heteroatoms. The molecule has 2 fully saturated rings. The van der Waals surface area contributed by atoms with E-state index in [-0.39, 0.29) is 6.10 Å². The van der Waals surface area contributed by atoms with Crippen LogP contribution in [0.2, 0.25) is 0 Å². The summed E-state index contributed by atoms with van der Waals surface area (Å²) in [5.41, 5.74) is 0. The van der Waals surface area contributed by atoms with E-state index in [1.165, 1.54) is 0 Å². The number of rotatable bonds is 1. The van der Waals surface area contributed by atoms with Gasteiger partial charge in [-0.05, 0) is 6.42 Å². The average Bonchev–Trinajstić information content (AvgIpc) is 2.65. The lowest BCUT2D eigenvalue weighted by atomic mass is 10.1. The van der Waals surface area contributed by atoms with Gasteiger partial charge in [0.2, 0.25) is 10.1 Å². The normalized spacial score (nSPS) is 45.5. The van der Waals surface area contributed by atoms with Crippen LogP contribution in [0.4, 0.5) is 0 Å². The smallest absolute Gasteiger partial charge is 0.240 e. The van der Waals surface area contributed by atoms with Crippen molar-refractivity contribution in [3.63, 3.8) is 0 Å². The van der Waals surface area contributed by atoms with Crippen LogP contribution >= 0.6 is 34.8 Å². The van der Waals surface area contributed by atoms with Gasteiger partial charge in [0, 0.05) is 5.92 Å². The number of aliphatic hydroxyl groups excluding tert-OH is 1. The minimum Gasteiger partial charge on any atom is -0.390 e. The first-order valence-electron chi connectivity index (χ1n) is 4.44. The first kappa shape index (κ1) is 11.9. The van der Waals surface area contributed by atoms with E-state index in [4.69, 9.17) is 44.3 Å². The highest BCUT2D eigenvalue weighted by molar-refractivity contribution is 6.67. The molecule has 0 spiro atoms. The Kier molecular flexibility index (Phi) is 3.19. The van der Waals surface area contributed by atoms with Crippen molar-refractivity contribution < 1.29 is 19.4 Å². The standard InChI is InChI=1S/C8H9Cl3O4/c9-8(10,11)7-14-4-1-3(2-12)5(13)6(4)15-7/h2-7,13H,1H2/t3-,4+,5+,6+,7?/m1/s1. The number of fused-ring (bicyclic) bond motifs is 1. The first-order chi connectivity index (χ1) is 6.93. The third kappa shape index (κ3) is 2.12. The zero-order valence-electron chi connectivity index (χ0n) is 7.48. The van der Waals surface area contributed by atoms with Gasteiger partial charge < -0.3 is 19.4 Å². The lowest BCUT2D eigenvalue weighted by Gasteiger charge is -2.21. The van der Waals surface area contributed by atoms with Crippen LogP contribution < -0.4 is 0 Å². The molecule has 0 aromatic rings. The molecule has 0 bridgehead atoms. The summed E-state index contributed by atoms with van der Waals surface area (Å²) in [6.07, 6.45) is -1.74. The highest BCUT2D eigenvalue weighted by Crippen LogP contribution is 2.43. The minimum absolute atomic E-state index is 0.379. The van der Waals surface area contributed by atoms with Crippen molar-refractivity contribution in [2.75, 3.05) is 0 Å². The molecule has 1 saturated heterocycles. The topological polar surface area (TPSA) is 55.8 Å². The Morgan fingerprint density at radius 1 is 1.33 bits per heavy atom. The van der Waals surface area contributed by atoms with Crippen molar-refractivity contribution >= 4 is 41.1 Å². The zero-order chi connectivity index (χ0) is 11.2. The van der Waals surface area contributed by atoms with Crippen molar-refractivity contribution in [3.05, 3.63) is 0 Å². The lowest BCUT2D eigenvalue weighted by molar-refractivity contribution is -0.122. The molecule has 0 aromatic carbocycles. The summed E-state index contributed by atoms with van der Waals surface area (Å²) in [7, 11) is 0. The number of hydrogen-bond acceptors (Lipinski definition) is 4. The van der Waals surface area contributed by atoms with Crippen molar-refractivity contribution in [2.45, 2.75) is 34.8 Å². The van der Waals surface area contributed by atoms with Crippen LogP contribution in [0.5, 0.6) is 0 Å². The Morgan fingerprint density at radius 2 is 2.00 bits per heavy atom. The molecular weight excluding hydrogens is 266 g/mol. The van der Waals surface area contributed by atoms with Gasteiger partial charge in [-0.3, -0.25) is 0 Å². The molecule has 1 N–H and O–H groups in total. The van der Waals surface area contributed by atoms with E-state index in [1.54, 1.807) is 0 Å². The van der Waals surface area contributed by atoms with E-state index in [2.05, 4.69) is 0 Å². The number of halogens is 3. The van der Waals surface area contributed by atoms with E-state index in [9.17, 15) is 9.90 Å². The summed E-state index contributed by atoms with van der Waals surface area (Å²) in [5.74, 6) is -0.462. The Balaban J connectivity index is 2.05. The fourth-order valence-corrected chi connectivity index (χ4v) is 2.24. The first-order valence-corrected chi connectivity index (χ1v) is 5.58. The van der Waals surface area contributed by atoms with Gasteiger partial charge in [0.15, 0.2) is 0 Å². The average molecular weight is 276 g/mol. The quantitative estimate of drug-likeness (QED) is 0.574. The van der Waals surface area contributed by atoms with Gasteiger partial charge in [-0.2, -0.15) is 0 Å². The monoisotopic (exact) mass is 274 g/mol. The Hall–Kier alpha value is 0.420. The van der Waals surface area contributed by atoms with Gasteiger partial charge >= 0.3 is 0 Å². The van der Waals surface area contributed by atoms with Crippen molar-refractivity contribution in [3.8, 4) is 0 Å². The number of aldehydes is 1. The van der Waals surface area contributed by atoms with E-state index < -0.39 is 28.2 Å². The molecular formula is C8H9Cl3O4. The Morgan fingerprint density at radius 3 is 2.47 bits per heavy atom. The highest BCUT2D eigenvalue weighted by Gasteiger charge is 2.54. The van der Waals surface area contributed by atoms with Crippen LogP contribution in [0.3, 0.4) is 0 Å². The molecule has 1 unspecified atom stereocenters. The maximum atomic E-state index is 10.6. The lowest BCUT2D eigenvalue weighted by Crippen LogP contribution is -2.33. The molecule has 1 heterocycles. The van der Waals surface area contributed by atoms with Gasteiger partial charge in [0.05, 0.1) is 12.2 Å². The third-order valence-electron chi connectivity index (χ3n) is 2.67. The molecule has 0 radical (unpaired) electrons. The summed E-state index contributed by atoms with van der Waals surface area (Å²) >= 11 is 16.8. The van der Waals surface area contributed by atoms with Gasteiger partial charge in [-0.25, -0.2) is 0 Å². The number of hydrogen-bond donors (Lipinski definition) is 1. The molecule has 0 aromatic heterocycles. The fourth-order valence-electron chi connectivity index (χ4n) is 1.93. The van der Waals surface area contributed by atoms with Crippen LogP contribution in [0.25, 0.3) is 0 Å².